The highest BCUT2D eigenvalue weighted by molar-refractivity contribution is 7.98. The van der Waals surface area contributed by atoms with Gasteiger partial charge >= 0.3 is 0 Å². The molecule has 0 N–H and O–H groups in total. The van der Waals surface area contributed by atoms with E-state index in [2.05, 4.69) is 20.3 Å². The zero-order valence-corrected chi connectivity index (χ0v) is 15.5. The number of thioether (sulfide) groups is 1. The number of hydrogen-bond donors (Lipinski definition) is 0. The Kier molecular flexibility index (Phi) is 4.64. The molecule has 1 aromatic carbocycles. The van der Waals surface area contributed by atoms with Crippen LogP contribution in [0.25, 0.3) is 11.4 Å². The summed E-state index contributed by atoms with van der Waals surface area (Å²) in [6.07, 6.45) is 0. The molecule has 24 heavy (non-hydrogen) atoms. The monoisotopic (exact) mass is 363 g/mol. The molecular formula is C16H18ClN5OS. The normalized spacial score (nSPS) is 11.9. The van der Waals surface area contributed by atoms with Gasteiger partial charge in [-0.15, -0.1) is 10.2 Å². The van der Waals surface area contributed by atoms with E-state index >= 15 is 0 Å². The quantitative estimate of drug-likeness (QED) is 0.650. The summed E-state index contributed by atoms with van der Waals surface area (Å²) in [5, 5.41) is 14.0. The Morgan fingerprint density at radius 1 is 1.17 bits per heavy atom. The van der Waals surface area contributed by atoms with Crippen LogP contribution in [0.4, 0.5) is 0 Å². The van der Waals surface area contributed by atoms with Gasteiger partial charge in [-0.3, -0.25) is 0 Å². The Bertz CT molecular complexity index is 835. The van der Waals surface area contributed by atoms with E-state index in [1.165, 1.54) is 11.8 Å². The van der Waals surface area contributed by atoms with Crippen LogP contribution in [0.15, 0.2) is 33.9 Å². The maximum atomic E-state index is 5.93. The molecule has 0 aliphatic heterocycles. The number of benzene rings is 1. The number of nitrogens with zero attached hydrogens (tertiary/aromatic N) is 5. The number of halogens is 1. The smallest absolute Gasteiger partial charge is 0.232 e. The van der Waals surface area contributed by atoms with Crippen molar-refractivity contribution in [2.75, 3.05) is 0 Å². The molecule has 0 bridgehead atoms. The maximum absolute atomic E-state index is 5.93. The van der Waals surface area contributed by atoms with Crippen molar-refractivity contribution in [2.24, 2.45) is 7.05 Å². The van der Waals surface area contributed by atoms with Crippen LogP contribution in [0.1, 0.15) is 32.5 Å². The van der Waals surface area contributed by atoms with Crippen molar-refractivity contribution < 1.29 is 4.52 Å². The molecule has 0 unspecified atom stereocenters. The van der Waals surface area contributed by atoms with E-state index in [1.807, 2.05) is 56.7 Å². The fourth-order valence-corrected chi connectivity index (χ4v) is 2.92. The molecule has 3 rings (SSSR count). The molecule has 2 aromatic heterocycles. The lowest BCUT2D eigenvalue weighted by Gasteiger charge is -2.10. The van der Waals surface area contributed by atoms with Gasteiger partial charge in [0.05, 0.1) is 5.75 Å². The Hall–Kier alpha value is -1.86. The summed E-state index contributed by atoms with van der Waals surface area (Å²) in [5.74, 6) is 2.66. The van der Waals surface area contributed by atoms with Crippen molar-refractivity contribution in [3.63, 3.8) is 0 Å². The average Bonchev–Trinajstić information content (AvgIpc) is 3.13. The summed E-state index contributed by atoms with van der Waals surface area (Å²) >= 11 is 7.45. The first-order valence-electron chi connectivity index (χ1n) is 7.46. The predicted octanol–water partition coefficient (Wildman–Crippen LogP) is 4.11. The molecule has 2 heterocycles. The second-order valence-corrected chi connectivity index (χ2v) is 7.81. The molecule has 8 heteroatoms. The van der Waals surface area contributed by atoms with Gasteiger partial charge in [-0.25, -0.2) is 0 Å². The van der Waals surface area contributed by atoms with E-state index in [0.29, 0.717) is 22.5 Å². The molecule has 6 nitrogen and oxygen atoms in total. The Labute approximate surface area is 149 Å². The minimum Gasteiger partial charge on any atom is -0.339 e. The van der Waals surface area contributed by atoms with Gasteiger partial charge in [0.2, 0.25) is 5.89 Å². The fourth-order valence-electron chi connectivity index (χ4n) is 2.04. The first-order valence-corrected chi connectivity index (χ1v) is 8.82. The summed E-state index contributed by atoms with van der Waals surface area (Å²) in [6, 6.07) is 7.53. The van der Waals surface area contributed by atoms with Gasteiger partial charge in [0.25, 0.3) is 0 Å². The second kappa shape index (κ2) is 6.57. The van der Waals surface area contributed by atoms with Crippen molar-refractivity contribution in [1.29, 1.82) is 0 Å². The first-order chi connectivity index (χ1) is 11.3. The Morgan fingerprint density at radius 3 is 2.50 bits per heavy atom. The molecule has 3 aromatic rings. The van der Waals surface area contributed by atoms with E-state index in [0.717, 1.165) is 16.5 Å². The van der Waals surface area contributed by atoms with E-state index in [4.69, 9.17) is 16.1 Å². The lowest BCUT2D eigenvalue weighted by Crippen LogP contribution is -2.11. The summed E-state index contributed by atoms with van der Waals surface area (Å²) in [6.45, 7) is 6.12. The molecular weight excluding hydrogens is 346 g/mol. The van der Waals surface area contributed by atoms with E-state index in [9.17, 15) is 0 Å². The highest BCUT2D eigenvalue weighted by atomic mass is 35.5. The van der Waals surface area contributed by atoms with Crippen molar-refractivity contribution in [3.05, 3.63) is 41.0 Å². The topological polar surface area (TPSA) is 69.6 Å². The van der Waals surface area contributed by atoms with Crippen LogP contribution in [0.5, 0.6) is 0 Å². The van der Waals surface area contributed by atoms with Gasteiger partial charge < -0.3 is 9.09 Å². The van der Waals surface area contributed by atoms with Gasteiger partial charge in [-0.2, -0.15) is 4.98 Å². The van der Waals surface area contributed by atoms with Crippen LogP contribution in [0.2, 0.25) is 5.02 Å². The molecule has 0 atom stereocenters. The molecule has 0 amide bonds. The lowest BCUT2D eigenvalue weighted by molar-refractivity contribution is 0.319. The number of aromatic nitrogens is 5. The zero-order chi connectivity index (χ0) is 17.3. The molecule has 0 saturated heterocycles. The molecule has 0 spiro atoms. The Balaban J connectivity index is 1.73. The van der Waals surface area contributed by atoms with E-state index in [-0.39, 0.29) is 5.41 Å². The molecule has 126 valence electrons. The summed E-state index contributed by atoms with van der Waals surface area (Å²) in [7, 11) is 1.93. The van der Waals surface area contributed by atoms with Crippen LogP contribution in [0.3, 0.4) is 0 Å². The molecule has 0 saturated carbocycles. The van der Waals surface area contributed by atoms with Gasteiger partial charge in [0, 0.05) is 23.0 Å². The molecule has 0 aliphatic rings. The fraction of sp³-hybridized carbons (Fsp3) is 0.375. The van der Waals surface area contributed by atoms with Gasteiger partial charge in [0.15, 0.2) is 16.8 Å². The third-order valence-corrected chi connectivity index (χ3v) is 4.65. The summed E-state index contributed by atoms with van der Waals surface area (Å²) in [4.78, 5) is 4.43. The predicted molar refractivity (Wildman–Crippen MR) is 94.0 cm³/mol. The van der Waals surface area contributed by atoms with Crippen LogP contribution in [-0.2, 0) is 18.2 Å². The van der Waals surface area contributed by atoms with Gasteiger partial charge in [-0.1, -0.05) is 49.3 Å². The Morgan fingerprint density at radius 2 is 1.88 bits per heavy atom. The minimum absolute atomic E-state index is 0.150. The van der Waals surface area contributed by atoms with Crippen LogP contribution in [-0.4, -0.2) is 24.9 Å². The van der Waals surface area contributed by atoms with E-state index < -0.39 is 0 Å². The lowest BCUT2D eigenvalue weighted by atomic mass is 9.97. The number of hydrogen-bond acceptors (Lipinski definition) is 6. The third kappa shape index (κ3) is 3.62. The number of rotatable bonds is 4. The van der Waals surface area contributed by atoms with Crippen LogP contribution < -0.4 is 0 Å². The van der Waals surface area contributed by atoms with Crippen molar-refractivity contribution in [3.8, 4) is 11.4 Å². The SMILES string of the molecule is Cn1c(SCc2noc(C(C)(C)C)n2)nnc1-c1ccc(Cl)cc1. The standard InChI is InChI=1S/C16H18ClN5OS/c1-16(2,3)14-18-12(21-23-14)9-24-15-20-19-13(22(15)4)10-5-7-11(17)8-6-10/h5-8H,9H2,1-4H3. The molecule has 0 aliphatic carbocycles. The largest absolute Gasteiger partial charge is 0.339 e. The molecule has 0 fully saturated rings. The third-order valence-electron chi connectivity index (χ3n) is 3.38. The maximum Gasteiger partial charge on any atom is 0.232 e. The van der Waals surface area contributed by atoms with Crippen molar-refractivity contribution >= 4 is 23.4 Å². The van der Waals surface area contributed by atoms with Crippen LogP contribution >= 0.6 is 23.4 Å². The van der Waals surface area contributed by atoms with Gasteiger partial charge in [0.1, 0.15) is 0 Å². The van der Waals surface area contributed by atoms with Crippen LogP contribution in [0, 0.1) is 0 Å². The summed E-state index contributed by atoms with van der Waals surface area (Å²) < 4.78 is 7.25. The average molecular weight is 364 g/mol. The zero-order valence-electron chi connectivity index (χ0n) is 13.9. The second-order valence-electron chi connectivity index (χ2n) is 6.43. The summed E-state index contributed by atoms with van der Waals surface area (Å²) in [5.41, 5.74) is 0.818. The van der Waals surface area contributed by atoms with Crippen molar-refractivity contribution in [1.82, 2.24) is 24.9 Å². The minimum atomic E-state index is -0.150. The van der Waals surface area contributed by atoms with Crippen molar-refractivity contribution in [2.45, 2.75) is 37.1 Å². The molecule has 0 radical (unpaired) electrons. The highest BCUT2D eigenvalue weighted by Crippen LogP contribution is 2.26. The van der Waals surface area contributed by atoms with E-state index in [1.54, 1.807) is 0 Å². The highest BCUT2D eigenvalue weighted by Gasteiger charge is 2.22. The van der Waals surface area contributed by atoms with Gasteiger partial charge in [-0.05, 0) is 24.3 Å². The first kappa shape index (κ1) is 17.0.